The third-order valence-electron chi connectivity index (χ3n) is 11.5. The van der Waals surface area contributed by atoms with Crippen LogP contribution >= 0.6 is 0 Å². The fourth-order valence-corrected chi connectivity index (χ4v) is 8.72. The molecule has 0 amide bonds. The van der Waals surface area contributed by atoms with Crippen molar-refractivity contribution < 1.29 is 4.42 Å². The van der Waals surface area contributed by atoms with Gasteiger partial charge in [-0.25, -0.2) is 9.97 Å². The second-order valence-corrected chi connectivity index (χ2v) is 15.0. The van der Waals surface area contributed by atoms with Crippen LogP contribution in [0.4, 0.5) is 0 Å². The number of hydrogen-bond acceptors (Lipinski definition) is 3. The van der Waals surface area contributed by atoms with Crippen molar-refractivity contribution in [1.29, 1.82) is 0 Å². The molecule has 0 radical (unpaired) electrons. The van der Waals surface area contributed by atoms with Gasteiger partial charge in [0.15, 0.2) is 5.82 Å². The van der Waals surface area contributed by atoms with E-state index in [1.165, 1.54) is 44.1 Å². The monoisotopic (exact) mass is 705 g/mol. The van der Waals surface area contributed by atoms with Crippen LogP contribution in [0, 0.1) is 0 Å². The molecule has 0 saturated carbocycles. The van der Waals surface area contributed by atoms with Crippen LogP contribution < -0.4 is 0 Å². The van der Waals surface area contributed by atoms with Crippen molar-refractivity contribution in [2.45, 2.75) is 19.3 Å². The van der Waals surface area contributed by atoms with E-state index in [1.807, 2.05) is 18.2 Å². The molecule has 4 nitrogen and oxygen atoms in total. The fourth-order valence-electron chi connectivity index (χ4n) is 8.72. The minimum Gasteiger partial charge on any atom is -0.456 e. The van der Waals surface area contributed by atoms with E-state index >= 15 is 0 Å². The first-order chi connectivity index (χ1) is 27.0. The van der Waals surface area contributed by atoms with Crippen LogP contribution in [-0.4, -0.2) is 14.5 Å². The molecule has 260 valence electrons. The van der Waals surface area contributed by atoms with Crippen LogP contribution in [0.2, 0.25) is 0 Å². The second-order valence-electron chi connectivity index (χ2n) is 15.0. The molecule has 0 saturated heterocycles. The number of aromatic nitrogens is 3. The molecular formula is C51H35N3O. The molecule has 11 rings (SSSR count). The number of rotatable bonds is 5. The summed E-state index contributed by atoms with van der Waals surface area (Å²) in [6, 6.07) is 62.2. The summed E-state index contributed by atoms with van der Waals surface area (Å²) in [6.45, 7) is 4.64. The zero-order valence-electron chi connectivity index (χ0n) is 30.5. The largest absolute Gasteiger partial charge is 0.456 e. The van der Waals surface area contributed by atoms with Crippen molar-refractivity contribution in [1.82, 2.24) is 14.5 Å². The molecule has 4 heteroatoms. The Labute approximate surface area is 319 Å². The third-order valence-corrected chi connectivity index (χ3v) is 11.5. The Morgan fingerprint density at radius 1 is 0.491 bits per heavy atom. The molecular weight excluding hydrogens is 671 g/mol. The molecule has 1 aliphatic carbocycles. The van der Waals surface area contributed by atoms with Crippen molar-refractivity contribution in [2.24, 2.45) is 0 Å². The predicted molar refractivity (Wildman–Crippen MR) is 225 cm³/mol. The van der Waals surface area contributed by atoms with Gasteiger partial charge in [-0.2, -0.15) is 0 Å². The van der Waals surface area contributed by atoms with Gasteiger partial charge in [-0.15, -0.1) is 0 Å². The second kappa shape index (κ2) is 12.0. The Balaban J connectivity index is 1.06. The predicted octanol–water partition coefficient (Wildman–Crippen LogP) is 13.3. The molecule has 0 N–H and O–H groups in total. The first kappa shape index (κ1) is 31.5. The summed E-state index contributed by atoms with van der Waals surface area (Å²) >= 11 is 0. The molecule has 3 heterocycles. The standard InChI is InChI=1S/C51H35N3O/c1-51(2)41-17-7-4-15-39(41)49-40(16-11-18-42(49)51)44-31-43(32-22-24-33(25-23-32)48-30-35-12-3-10-21-47(35)55-48)52-50(53-44)34-26-28-36(29-27-34)54-45-19-8-5-13-37(45)38-14-6-9-20-46(38)54/h3-31H,1-2H3. The zero-order valence-corrected chi connectivity index (χ0v) is 30.5. The smallest absolute Gasteiger partial charge is 0.160 e. The normalized spacial score (nSPS) is 13.1. The van der Waals surface area contributed by atoms with Crippen LogP contribution in [0.5, 0.6) is 0 Å². The van der Waals surface area contributed by atoms with Gasteiger partial charge in [0.2, 0.25) is 0 Å². The van der Waals surface area contributed by atoms with Gasteiger partial charge >= 0.3 is 0 Å². The lowest BCUT2D eigenvalue weighted by molar-refractivity contribution is 0.631. The van der Waals surface area contributed by atoms with E-state index in [2.05, 4.69) is 176 Å². The SMILES string of the molecule is CC1(C)c2ccccc2-c2c(-c3cc(-c4ccc(-c5cc6ccccc6o5)cc4)nc(-c4ccc(-n5c6ccccc6c6ccccc65)cc4)n3)cccc21. The number of nitrogens with zero attached hydrogens (tertiary/aromatic N) is 3. The zero-order chi connectivity index (χ0) is 36.7. The van der Waals surface area contributed by atoms with Crippen molar-refractivity contribution in [3.63, 3.8) is 0 Å². The maximum atomic E-state index is 6.20. The summed E-state index contributed by atoms with van der Waals surface area (Å²) in [4.78, 5) is 10.6. The van der Waals surface area contributed by atoms with Crippen LogP contribution in [0.15, 0.2) is 180 Å². The maximum absolute atomic E-state index is 6.20. The van der Waals surface area contributed by atoms with Crippen molar-refractivity contribution >= 4 is 32.8 Å². The van der Waals surface area contributed by atoms with Gasteiger partial charge in [0.25, 0.3) is 0 Å². The Kier molecular flexibility index (Phi) is 6.86. The lowest BCUT2D eigenvalue weighted by Gasteiger charge is -2.21. The van der Waals surface area contributed by atoms with Gasteiger partial charge in [-0.3, -0.25) is 0 Å². The first-order valence-corrected chi connectivity index (χ1v) is 18.8. The van der Waals surface area contributed by atoms with Crippen molar-refractivity contribution in [3.05, 3.63) is 187 Å². The van der Waals surface area contributed by atoms with Crippen LogP contribution in [0.1, 0.15) is 25.0 Å². The maximum Gasteiger partial charge on any atom is 0.160 e. The molecule has 1 aliphatic rings. The number of benzene rings is 7. The van der Waals surface area contributed by atoms with Gasteiger partial charge in [-0.05, 0) is 76.9 Å². The molecule has 0 spiro atoms. The van der Waals surface area contributed by atoms with Gasteiger partial charge in [0, 0.05) is 49.5 Å². The Hall–Kier alpha value is -7.04. The highest BCUT2D eigenvalue weighted by atomic mass is 16.3. The summed E-state index contributed by atoms with van der Waals surface area (Å²) in [6.07, 6.45) is 0. The topological polar surface area (TPSA) is 43.9 Å². The Bertz CT molecular complexity index is 3020. The summed E-state index contributed by atoms with van der Waals surface area (Å²) < 4.78 is 8.54. The van der Waals surface area contributed by atoms with Gasteiger partial charge in [0.1, 0.15) is 11.3 Å². The van der Waals surface area contributed by atoms with E-state index in [-0.39, 0.29) is 5.41 Å². The number of hydrogen-bond donors (Lipinski definition) is 0. The van der Waals surface area contributed by atoms with Gasteiger partial charge < -0.3 is 8.98 Å². The summed E-state index contributed by atoms with van der Waals surface area (Å²) in [5.74, 6) is 1.53. The van der Waals surface area contributed by atoms with Crippen LogP contribution in [0.25, 0.3) is 94.8 Å². The van der Waals surface area contributed by atoms with Gasteiger partial charge in [-0.1, -0.05) is 135 Å². The molecule has 7 aromatic carbocycles. The minimum absolute atomic E-state index is 0.115. The highest BCUT2D eigenvalue weighted by molar-refractivity contribution is 6.09. The molecule has 0 aliphatic heterocycles. The highest BCUT2D eigenvalue weighted by Gasteiger charge is 2.36. The fraction of sp³-hybridized carbons (Fsp3) is 0.0588. The van der Waals surface area contributed by atoms with Crippen molar-refractivity contribution in [3.8, 4) is 62.0 Å². The number of para-hydroxylation sites is 3. The lowest BCUT2D eigenvalue weighted by atomic mass is 9.82. The third kappa shape index (κ3) is 4.92. The molecule has 55 heavy (non-hydrogen) atoms. The summed E-state index contributed by atoms with van der Waals surface area (Å²) in [5.41, 5.74) is 15.3. The van der Waals surface area contributed by atoms with Crippen LogP contribution in [-0.2, 0) is 5.41 Å². The number of furan rings is 1. The lowest BCUT2D eigenvalue weighted by Crippen LogP contribution is -2.14. The summed E-state index contributed by atoms with van der Waals surface area (Å²) in [7, 11) is 0. The van der Waals surface area contributed by atoms with E-state index < -0.39 is 0 Å². The molecule has 3 aromatic heterocycles. The average Bonchev–Trinajstić information content (AvgIpc) is 3.90. The van der Waals surface area contributed by atoms with E-state index in [0.717, 1.165) is 56.1 Å². The van der Waals surface area contributed by atoms with E-state index in [4.69, 9.17) is 14.4 Å². The highest BCUT2D eigenvalue weighted by Crippen LogP contribution is 2.52. The molecule has 0 atom stereocenters. The Morgan fingerprint density at radius 3 is 1.85 bits per heavy atom. The van der Waals surface area contributed by atoms with Crippen molar-refractivity contribution in [2.75, 3.05) is 0 Å². The first-order valence-electron chi connectivity index (χ1n) is 18.8. The minimum atomic E-state index is -0.115. The molecule has 10 aromatic rings. The molecule has 0 unspecified atom stereocenters. The molecule has 0 bridgehead atoms. The Morgan fingerprint density at radius 2 is 1.09 bits per heavy atom. The van der Waals surface area contributed by atoms with Gasteiger partial charge in [0.05, 0.1) is 22.4 Å². The average molecular weight is 706 g/mol. The number of fused-ring (bicyclic) bond motifs is 7. The molecule has 0 fully saturated rings. The van der Waals surface area contributed by atoms with E-state index in [9.17, 15) is 0 Å². The van der Waals surface area contributed by atoms with E-state index in [0.29, 0.717) is 5.82 Å². The van der Waals surface area contributed by atoms with Crippen LogP contribution in [0.3, 0.4) is 0 Å². The summed E-state index contributed by atoms with van der Waals surface area (Å²) in [5, 5.41) is 3.58. The quantitative estimate of drug-likeness (QED) is 0.179. The van der Waals surface area contributed by atoms with E-state index in [1.54, 1.807) is 0 Å².